The average Bonchev–Trinajstić information content (AvgIpc) is 2.33. The summed E-state index contributed by atoms with van der Waals surface area (Å²) in [5, 5.41) is 0. The summed E-state index contributed by atoms with van der Waals surface area (Å²) >= 11 is 0. The number of ketones is 1. The van der Waals surface area contributed by atoms with E-state index in [0.29, 0.717) is 17.6 Å². The van der Waals surface area contributed by atoms with Crippen molar-refractivity contribution >= 4 is 5.78 Å². The summed E-state index contributed by atoms with van der Waals surface area (Å²) in [5.74, 6) is 1.44. The second kappa shape index (κ2) is 0.808. The molecule has 7 heavy (non-hydrogen) atoms. The minimum absolute atomic E-state index is 0.352. The molecule has 2 aliphatic rings. The van der Waals surface area contributed by atoms with Gasteiger partial charge in [0.25, 0.3) is 0 Å². The summed E-state index contributed by atoms with van der Waals surface area (Å²) in [6.45, 7) is 0. The molecule has 2 aliphatic carbocycles. The predicted octanol–water partition coefficient (Wildman–Crippen LogP) is 0.761. The molecule has 0 spiro atoms. The number of hydrogen-bond donors (Lipinski definition) is 0. The SMILES string of the molecule is O=C1C=C[C@H]2C[C@@H]12. The van der Waals surface area contributed by atoms with E-state index >= 15 is 0 Å². The van der Waals surface area contributed by atoms with Crippen LogP contribution in [0.15, 0.2) is 12.2 Å². The van der Waals surface area contributed by atoms with Crippen molar-refractivity contribution < 1.29 is 4.79 Å². The number of rotatable bonds is 0. The molecule has 0 saturated heterocycles. The Hall–Kier alpha value is -0.590. The maximum absolute atomic E-state index is 10.5. The van der Waals surface area contributed by atoms with E-state index in [2.05, 4.69) is 0 Å². The second-order valence-corrected chi connectivity index (χ2v) is 2.27. The molecule has 2 atom stereocenters. The highest BCUT2D eigenvalue weighted by molar-refractivity contribution is 5.97. The Morgan fingerprint density at radius 2 is 2.57 bits per heavy atom. The van der Waals surface area contributed by atoms with Crippen LogP contribution < -0.4 is 0 Å². The molecule has 0 radical (unpaired) electrons. The molecule has 1 nitrogen and oxygen atoms in total. The molecule has 0 unspecified atom stereocenters. The average molecular weight is 94.1 g/mol. The molecule has 0 aromatic carbocycles. The monoisotopic (exact) mass is 94.0 g/mol. The van der Waals surface area contributed by atoms with Gasteiger partial charge in [-0.2, -0.15) is 0 Å². The molecule has 1 saturated carbocycles. The molecule has 36 valence electrons. The fraction of sp³-hybridized carbons (Fsp3) is 0.500. The van der Waals surface area contributed by atoms with Crippen LogP contribution in [0.25, 0.3) is 0 Å². The highest BCUT2D eigenvalue weighted by Gasteiger charge is 2.43. The van der Waals surface area contributed by atoms with Gasteiger partial charge in [-0.15, -0.1) is 0 Å². The molecule has 0 aromatic rings. The summed E-state index contributed by atoms with van der Waals surface area (Å²) in [6.07, 6.45) is 4.86. The molecule has 0 amide bonds. The lowest BCUT2D eigenvalue weighted by atomic mass is 10.3. The number of fused-ring (bicyclic) bond motifs is 1. The molecular formula is C6H6O. The lowest BCUT2D eigenvalue weighted by molar-refractivity contribution is -0.115. The zero-order valence-corrected chi connectivity index (χ0v) is 3.92. The summed E-state index contributed by atoms with van der Waals surface area (Å²) in [5.41, 5.74) is 0. The van der Waals surface area contributed by atoms with Gasteiger partial charge in [0.15, 0.2) is 5.78 Å². The topological polar surface area (TPSA) is 17.1 Å². The fourth-order valence-electron chi connectivity index (χ4n) is 1.10. The van der Waals surface area contributed by atoms with Gasteiger partial charge in [0.2, 0.25) is 0 Å². The molecular weight excluding hydrogens is 88.1 g/mol. The lowest BCUT2D eigenvalue weighted by Crippen LogP contribution is -1.89. The maximum Gasteiger partial charge on any atom is 0.159 e. The summed E-state index contributed by atoms with van der Waals surface area (Å²) < 4.78 is 0. The molecule has 0 N–H and O–H groups in total. The van der Waals surface area contributed by atoms with E-state index in [1.165, 1.54) is 0 Å². The van der Waals surface area contributed by atoms with Crippen LogP contribution in [0.2, 0.25) is 0 Å². The van der Waals surface area contributed by atoms with Crippen LogP contribution in [0, 0.1) is 11.8 Å². The summed E-state index contributed by atoms with van der Waals surface area (Å²) in [7, 11) is 0. The highest BCUT2D eigenvalue weighted by atomic mass is 16.1. The number of hydrogen-bond acceptors (Lipinski definition) is 1. The third kappa shape index (κ3) is 0.303. The Bertz CT molecular complexity index is 146. The van der Waals surface area contributed by atoms with E-state index in [0.717, 1.165) is 6.42 Å². The van der Waals surface area contributed by atoms with Crippen LogP contribution in [-0.2, 0) is 4.79 Å². The van der Waals surface area contributed by atoms with Crippen LogP contribution in [-0.4, -0.2) is 5.78 Å². The summed E-state index contributed by atoms with van der Waals surface area (Å²) in [4.78, 5) is 10.5. The van der Waals surface area contributed by atoms with Crippen molar-refractivity contribution in [2.24, 2.45) is 11.8 Å². The van der Waals surface area contributed by atoms with Crippen LogP contribution in [0.4, 0.5) is 0 Å². The summed E-state index contributed by atoms with van der Waals surface area (Å²) in [6, 6.07) is 0. The molecule has 0 bridgehead atoms. The largest absolute Gasteiger partial charge is 0.295 e. The number of allylic oxidation sites excluding steroid dienone is 2. The van der Waals surface area contributed by atoms with Crippen molar-refractivity contribution in [1.82, 2.24) is 0 Å². The molecule has 1 heteroatoms. The van der Waals surface area contributed by atoms with E-state index < -0.39 is 0 Å². The van der Waals surface area contributed by atoms with Crippen LogP contribution >= 0.6 is 0 Å². The molecule has 0 heterocycles. The number of carbonyl (C=O) groups excluding carboxylic acids is 1. The molecule has 0 aliphatic heterocycles. The van der Waals surface area contributed by atoms with Crippen molar-refractivity contribution in [3.63, 3.8) is 0 Å². The Balaban J connectivity index is 2.37. The Kier molecular flexibility index (Phi) is 0.394. The van der Waals surface area contributed by atoms with Gasteiger partial charge in [0.05, 0.1) is 0 Å². The van der Waals surface area contributed by atoms with Crippen LogP contribution in [0.5, 0.6) is 0 Å². The third-order valence-electron chi connectivity index (χ3n) is 1.71. The first kappa shape index (κ1) is 3.42. The quantitative estimate of drug-likeness (QED) is 0.433. The minimum Gasteiger partial charge on any atom is -0.295 e. The van der Waals surface area contributed by atoms with Crippen molar-refractivity contribution in [2.75, 3.05) is 0 Å². The normalized spacial score (nSPS) is 44.3. The van der Waals surface area contributed by atoms with Gasteiger partial charge in [0.1, 0.15) is 0 Å². The highest BCUT2D eigenvalue weighted by Crippen LogP contribution is 2.44. The second-order valence-electron chi connectivity index (χ2n) is 2.27. The maximum atomic E-state index is 10.5. The third-order valence-corrected chi connectivity index (χ3v) is 1.71. The van der Waals surface area contributed by atoms with Crippen LogP contribution in [0.1, 0.15) is 6.42 Å². The van der Waals surface area contributed by atoms with Gasteiger partial charge in [0, 0.05) is 5.92 Å². The van der Waals surface area contributed by atoms with Gasteiger partial charge in [-0.05, 0) is 18.4 Å². The van der Waals surface area contributed by atoms with Gasteiger partial charge in [-0.25, -0.2) is 0 Å². The zero-order chi connectivity index (χ0) is 4.85. The van der Waals surface area contributed by atoms with E-state index in [1.807, 2.05) is 6.08 Å². The van der Waals surface area contributed by atoms with Gasteiger partial charge >= 0.3 is 0 Å². The zero-order valence-electron chi connectivity index (χ0n) is 3.92. The van der Waals surface area contributed by atoms with E-state index in [4.69, 9.17) is 0 Å². The van der Waals surface area contributed by atoms with Crippen LogP contribution in [0.3, 0.4) is 0 Å². The van der Waals surface area contributed by atoms with E-state index in [1.54, 1.807) is 6.08 Å². The smallest absolute Gasteiger partial charge is 0.159 e. The first-order valence-corrected chi connectivity index (χ1v) is 2.60. The predicted molar refractivity (Wildman–Crippen MR) is 25.7 cm³/mol. The standard InChI is InChI=1S/C6H6O/c7-6-2-1-4-3-5(4)6/h1-2,4-5H,3H2/t4-,5+/m0/s1. The van der Waals surface area contributed by atoms with Gasteiger partial charge in [-0.3, -0.25) is 4.79 Å². The van der Waals surface area contributed by atoms with Crippen molar-refractivity contribution in [2.45, 2.75) is 6.42 Å². The first-order chi connectivity index (χ1) is 3.38. The molecule has 2 rings (SSSR count). The Labute approximate surface area is 42.0 Å². The Morgan fingerprint density at radius 1 is 1.71 bits per heavy atom. The molecule has 0 aromatic heterocycles. The Morgan fingerprint density at radius 3 is 2.71 bits per heavy atom. The molecule has 1 fully saturated rings. The van der Waals surface area contributed by atoms with Crippen molar-refractivity contribution in [1.29, 1.82) is 0 Å². The van der Waals surface area contributed by atoms with E-state index in [-0.39, 0.29) is 0 Å². The minimum atomic E-state index is 0.352. The lowest BCUT2D eigenvalue weighted by Gasteiger charge is -1.74. The van der Waals surface area contributed by atoms with E-state index in [9.17, 15) is 4.79 Å². The van der Waals surface area contributed by atoms with Crippen molar-refractivity contribution in [3.05, 3.63) is 12.2 Å². The fourth-order valence-corrected chi connectivity index (χ4v) is 1.10. The first-order valence-electron chi connectivity index (χ1n) is 2.60. The van der Waals surface area contributed by atoms with Crippen molar-refractivity contribution in [3.8, 4) is 0 Å². The van der Waals surface area contributed by atoms with Gasteiger partial charge < -0.3 is 0 Å². The number of carbonyl (C=O) groups is 1. The van der Waals surface area contributed by atoms with Gasteiger partial charge in [-0.1, -0.05) is 6.08 Å².